The first-order valence-corrected chi connectivity index (χ1v) is 10.0. The Labute approximate surface area is 184 Å². The molecule has 0 bridgehead atoms. The summed E-state index contributed by atoms with van der Waals surface area (Å²) >= 11 is 0. The number of hydrogen-bond donors (Lipinski definition) is 2. The number of fused-ring (bicyclic) bond motifs is 1. The van der Waals surface area contributed by atoms with Gasteiger partial charge < -0.3 is 14.9 Å². The van der Waals surface area contributed by atoms with E-state index in [0.29, 0.717) is 39.7 Å². The zero-order chi connectivity index (χ0) is 23.8. The smallest absolute Gasteiger partial charge is 0.387 e. The van der Waals surface area contributed by atoms with Gasteiger partial charge in [0.2, 0.25) is 0 Å². The number of carboxylic acids is 1. The van der Waals surface area contributed by atoms with Gasteiger partial charge in [-0.2, -0.15) is 8.78 Å². The van der Waals surface area contributed by atoms with Crippen molar-refractivity contribution in [3.05, 3.63) is 58.8 Å². The lowest BCUT2D eigenvalue weighted by Gasteiger charge is -2.21. The van der Waals surface area contributed by atoms with Crippen LogP contribution in [0.1, 0.15) is 48.0 Å². The first kappa shape index (κ1) is 23.2. The molecule has 0 saturated carbocycles. The van der Waals surface area contributed by atoms with Gasteiger partial charge in [0.05, 0.1) is 11.9 Å². The predicted octanol–water partition coefficient (Wildman–Crippen LogP) is 5.16. The number of ether oxygens (including phenoxy) is 1. The second-order valence-corrected chi connectivity index (χ2v) is 8.91. The minimum atomic E-state index is -2.99. The molecule has 3 aromatic rings. The van der Waals surface area contributed by atoms with Crippen LogP contribution in [0.4, 0.5) is 8.78 Å². The maximum absolute atomic E-state index is 13.7. The van der Waals surface area contributed by atoms with Crippen LogP contribution in [-0.2, 0) is 17.6 Å². The maximum Gasteiger partial charge on any atom is 0.387 e. The molecular formula is C24H25F2NO5. The molecule has 0 aliphatic rings. The molecule has 8 heteroatoms. The Kier molecular flexibility index (Phi) is 6.25. The fraction of sp³-hybridized carbons (Fsp3) is 0.333. The van der Waals surface area contributed by atoms with Crippen LogP contribution in [0, 0.1) is 12.3 Å². The number of alkyl halides is 2. The molecule has 6 nitrogen and oxygen atoms in total. The summed E-state index contributed by atoms with van der Waals surface area (Å²) in [6, 6.07) is 8.61. The van der Waals surface area contributed by atoms with Crippen molar-refractivity contribution in [3.63, 3.8) is 0 Å². The van der Waals surface area contributed by atoms with Gasteiger partial charge in [0, 0.05) is 16.6 Å². The lowest BCUT2D eigenvalue weighted by molar-refractivity contribution is -0.136. The van der Waals surface area contributed by atoms with E-state index >= 15 is 0 Å². The van der Waals surface area contributed by atoms with Gasteiger partial charge in [-0.15, -0.1) is 0 Å². The molecule has 0 aliphatic heterocycles. The molecule has 2 aromatic carbocycles. The lowest BCUT2D eigenvalue weighted by atomic mass is 9.86. The van der Waals surface area contributed by atoms with E-state index in [1.165, 1.54) is 34.9 Å². The van der Waals surface area contributed by atoms with Crippen LogP contribution in [0.2, 0.25) is 0 Å². The zero-order valence-corrected chi connectivity index (χ0v) is 18.3. The average Bonchev–Trinajstić information content (AvgIpc) is 2.90. The van der Waals surface area contributed by atoms with Crippen molar-refractivity contribution in [2.75, 3.05) is 0 Å². The van der Waals surface area contributed by atoms with Gasteiger partial charge in [-0.25, -0.2) is 0 Å². The van der Waals surface area contributed by atoms with Crippen LogP contribution in [0.5, 0.6) is 11.5 Å². The number of nitrogens with zero attached hydrogens (tertiary/aromatic N) is 1. The van der Waals surface area contributed by atoms with Crippen LogP contribution in [0.3, 0.4) is 0 Å². The minimum Gasteiger partial charge on any atom is -0.508 e. The Morgan fingerprint density at radius 1 is 1.12 bits per heavy atom. The van der Waals surface area contributed by atoms with Gasteiger partial charge >= 0.3 is 12.6 Å². The molecule has 1 aromatic heterocycles. The number of phenolic OH excluding ortho intramolecular Hbond substituents is 1. The van der Waals surface area contributed by atoms with Gasteiger partial charge in [0.25, 0.3) is 5.91 Å². The third kappa shape index (κ3) is 4.90. The Bertz CT molecular complexity index is 1190. The SMILES string of the molecule is Cc1c(CC(=O)O)c2cc(O)ccc2n1C(=O)c1ccc(OC(F)F)cc1CC(C)(C)C. The van der Waals surface area contributed by atoms with Crippen molar-refractivity contribution >= 4 is 22.8 Å². The fourth-order valence-electron chi connectivity index (χ4n) is 3.90. The minimum absolute atomic E-state index is 0.0404. The van der Waals surface area contributed by atoms with Gasteiger partial charge in [0.1, 0.15) is 11.5 Å². The summed E-state index contributed by atoms with van der Waals surface area (Å²) in [5.74, 6) is -1.57. The Hall–Kier alpha value is -3.42. The van der Waals surface area contributed by atoms with E-state index in [-0.39, 0.29) is 23.3 Å². The molecule has 0 saturated heterocycles. The summed E-state index contributed by atoms with van der Waals surface area (Å²) in [6.07, 6.45) is 0.109. The molecule has 170 valence electrons. The average molecular weight is 445 g/mol. The molecular weight excluding hydrogens is 420 g/mol. The molecule has 0 spiro atoms. The number of aromatic hydroxyl groups is 1. The monoisotopic (exact) mass is 445 g/mol. The predicted molar refractivity (Wildman–Crippen MR) is 116 cm³/mol. The van der Waals surface area contributed by atoms with Crippen molar-refractivity contribution in [2.45, 2.75) is 47.1 Å². The summed E-state index contributed by atoms with van der Waals surface area (Å²) in [5, 5.41) is 19.7. The van der Waals surface area contributed by atoms with Crippen molar-refractivity contribution in [3.8, 4) is 11.5 Å². The summed E-state index contributed by atoms with van der Waals surface area (Å²) in [5.41, 5.74) is 1.92. The summed E-state index contributed by atoms with van der Waals surface area (Å²) in [4.78, 5) is 25.1. The summed E-state index contributed by atoms with van der Waals surface area (Å²) < 4.78 is 31.4. The van der Waals surface area contributed by atoms with Crippen molar-refractivity contribution in [1.29, 1.82) is 0 Å². The highest BCUT2D eigenvalue weighted by molar-refractivity contribution is 6.05. The standard InChI is InChI=1S/C24H25F2NO5/c1-13-18(11-21(29)30)19-10-15(28)5-8-20(19)27(13)22(31)17-7-6-16(32-23(25)26)9-14(17)12-24(2,3)4/h5-10,23,28H,11-12H2,1-4H3,(H,29,30). The normalized spacial score (nSPS) is 11.8. The summed E-state index contributed by atoms with van der Waals surface area (Å²) in [6.45, 7) is 4.55. The van der Waals surface area contributed by atoms with E-state index in [9.17, 15) is 28.6 Å². The van der Waals surface area contributed by atoms with Crippen LogP contribution < -0.4 is 4.74 Å². The van der Waals surface area contributed by atoms with Gasteiger partial charge in [-0.1, -0.05) is 20.8 Å². The number of aliphatic carboxylic acids is 1. The van der Waals surface area contributed by atoms with E-state index in [1.54, 1.807) is 13.0 Å². The summed E-state index contributed by atoms with van der Waals surface area (Å²) in [7, 11) is 0. The van der Waals surface area contributed by atoms with Crippen molar-refractivity contribution < 1.29 is 33.3 Å². The molecule has 32 heavy (non-hydrogen) atoms. The van der Waals surface area contributed by atoms with Crippen LogP contribution in [0.25, 0.3) is 10.9 Å². The number of aromatic nitrogens is 1. The zero-order valence-electron chi connectivity index (χ0n) is 18.3. The third-order valence-electron chi connectivity index (χ3n) is 5.10. The van der Waals surface area contributed by atoms with Crippen LogP contribution >= 0.6 is 0 Å². The molecule has 0 amide bonds. The first-order valence-electron chi connectivity index (χ1n) is 10.0. The van der Waals surface area contributed by atoms with Gasteiger partial charge in [-0.3, -0.25) is 14.2 Å². The van der Waals surface area contributed by atoms with E-state index in [1.807, 2.05) is 20.8 Å². The number of carbonyl (C=O) groups excluding carboxylic acids is 1. The van der Waals surface area contributed by atoms with E-state index in [2.05, 4.69) is 4.74 Å². The number of carbonyl (C=O) groups is 2. The number of hydrogen-bond acceptors (Lipinski definition) is 4. The Morgan fingerprint density at radius 3 is 2.41 bits per heavy atom. The number of halogens is 2. The molecule has 0 unspecified atom stereocenters. The second-order valence-electron chi connectivity index (χ2n) is 8.91. The van der Waals surface area contributed by atoms with E-state index in [0.717, 1.165) is 0 Å². The number of rotatable bonds is 6. The lowest BCUT2D eigenvalue weighted by Crippen LogP contribution is -2.19. The second kappa shape index (κ2) is 8.61. The first-order chi connectivity index (χ1) is 14.9. The third-order valence-corrected chi connectivity index (χ3v) is 5.10. The molecule has 3 rings (SSSR count). The highest BCUT2D eigenvalue weighted by Crippen LogP contribution is 2.32. The van der Waals surface area contributed by atoms with E-state index in [4.69, 9.17) is 0 Å². The molecule has 0 atom stereocenters. The van der Waals surface area contributed by atoms with E-state index < -0.39 is 18.5 Å². The quantitative estimate of drug-likeness (QED) is 0.547. The Balaban J connectivity index is 2.20. The van der Waals surface area contributed by atoms with Gasteiger partial charge in [0.15, 0.2) is 0 Å². The Morgan fingerprint density at radius 2 is 1.81 bits per heavy atom. The molecule has 0 radical (unpaired) electrons. The van der Waals surface area contributed by atoms with Crippen LogP contribution in [-0.4, -0.2) is 33.3 Å². The fourth-order valence-corrected chi connectivity index (χ4v) is 3.90. The number of benzene rings is 2. The highest BCUT2D eigenvalue weighted by Gasteiger charge is 2.25. The topological polar surface area (TPSA) is 88.8 Å². The molecule has 0 aliphatic carbocycles. The highest BCUT2D eigenvalue weighted by atomic mass is 19.3. The van der Waals surface area contributed by atoms with Crippen molar-refractivity contribution in [1.82, 2.24) is 4.57 Å². The maximum atomic E-state index is 13.7. The van der Waals surface area contributed by atoms with Crippen molar-refractivity contribution in [2.24, 2.45) is 5.41 Å². The molecule has 1 heterocycles. The van der Waals surface area contributed by atoms with Gasteiger partial charge in [-0.05, 0) is 66.3 Å². The van der Waals surface area contributed by atoms with Crippen LogP contribution in [0.15, 0.2) is 36.4 Å². The molecule has 0 fully saturated rings. The largest absolute Gasteiger partial charge is 0.508 e. The molecule has 2 N–H and O–H groups in total. The number of phenols is 1. The number of carboxylic acid groups (broad SMARTS) is 1.